The second-order valence-electron chi connectivity index (χ2n) is 10.1. The van der Waals surface area contributed by atoms with Crippen molar-refractivity contribution < 1.29 is 14.5 Å². The number of benzene rings is 1. The second kappa shape index (κ2) is 19.3. The van der Waals surface area contributed by atoms with Crippen LogP contribution in [0.4, 0.5) is 5.69 Å². The number of nitro benzene ring substituents is 1. The minimum absolute atomic E-state index is 0.0162. The van der Waals surface area contributed by atoms with E-state index in [-0.39, 0.29) is 11.7 Å². The third-order valence-electron chi connectivity index (χ3n) is 6.92. The van der Waals surface area contributed by atoms with Gasteiger partial charge in [-0.15, -0.1) is 0 Å². The maximum atomic E-state index is 12.2. The van der Waals surface area contributed by atoms with E-state index in [1.54, 1.807) is 19.1 Å². The number of nitrogens with two attached hydrogens (primary N) is 1. The first-order chi connectivity index (χ1) is 16.9. The number of carbonyl (C=O) groups excluding carboxylic acids is 1. The normalized spacial score (nSPS) is 12.0. The Morgan fingerprint density at radius 2 is 1.20 bits per heavy atom. The van der Waals surface area contributed by atoms with Crippen molar-refractivity contribution in [2.24, 2.45) is 5.73 Å². The van der Waals surface area contributed by atoms with Gasteiger partial charge >= 0.3 is 5.97 Å². The number of esters is 1. The predicted molar refractivity (Wildman–Crippen MR) is 145 cm³/mol. The first-order valence-electron chi connectivity index (χ1n) is 14.0. The van der Waals surface area contributed by atoms with Crippen LogP contribution in [-0.2, 0) is 9.53 Å². The SMILES string of the molecule is Cc1cc(C(C)OC(=O)CCCCCCCCCCCCCCCCCCN)c([N+](=O)[O-])cc1C. The van der Waals surface area contributed by atoms with Gasteiger partial charge in [-0.1, -0.05) is 89.9 Å². The Morgan fingerprint density at radius 3 is 1.63 bits per heavy atom. The summed E-state index contributed by atoms with van der Waals surface area (Å²) in [4.78, 5) is 23.2. The molecular weight excluding hydrogens is 440 g/mol. The molecule has 1 aromatic rings. The Balaban J connectivity index is 2.02. The molecule has 0 saturated carbocycles. The summed E-state index contributed by atoms with van der Waals surface area (Å²) in [5, 5.41) is 11.4. The molecule has 0 aliphatic rings. The van der Waals surface area contributed by atoms with Crippen molar-refractivity contribution in [1.82, 2.24) is 0 Å². The van der Waals surface area contributed by atoms with Gasteiger partial charge in [-0.05, 0) is 57.4 Å². The zero-order valence-corrected chi connectivity index (χ0v) is 22.6. The van der Waals surface area contributed by atoms with Gasteiger partial charge in [-0.2, -0.15) is 0 Å². The Hall–Kier alpha value is -1.95. The van der Waals surface area contributed by atoms with Crippen LogP contribution in [0.3, 0.4) is 0 Å². The summed E-state index contributed by atoms with van der Waals surface area (Å²) >= 11 is 0. The summed E-state index contributed by atoms with van der Waals surface area (Å²) < 4.78 is 5.50. The molecule has 0 aromatic heterocycles. The molecule has 1 rings (SSSR count). The van der Waals surface area contributed by atoms with Crippen molar-refractivity contribution in [2.45, 2.75) is 136 Å². The molecule has 0 saturated heterocycles. The van der Waals surface area contributed by atoms with E-state index in [1.807, 2.05) is 13.8 Å². The first-order valence-corrected chi connectivity index (χ1v) is 14.0. The quantitative estimate of drug-likeness (QED) is 0.0807. The van der Waals surface area contributed by atoms with Crippen molar-refractivity contribution in [1.29, 1.82) is 0 Å². The van der Waals surface area contributed by atoms with E-state index in [0.717, 1.165) is 36.9 Å². The lowest BCUT2D eigenvalue weighted by molar-refractivity contribution is -0.386. The summed E-state index contributed by atoms with van der Waals surface area (Å²) in [6, 6.07) is 3.32. The number of hydrogen-bond donors (Lipinski definition) is 1. The summed E-state index contributed by atoms with van der Waals surface area (Å²) in [6.45, 7) is 6.29. The van der Waals surface area contributed by atoms with Crippen molar-refractivity contribution >= 4 is 11.7 Å². The zero-order valence-electron chi connectivity index (χ0n) is 22.6. The standard InChI is InChI=1S/C29H50N2O4/c1-24-22-27(28(31(33)34)23-25(24)2)26(3)35-29(32)20-18-16-14-12-10-8-6-4-5-7-9-11-13-15-17-19-21-30/h22-23,26H,4-21,30H2,1-3H3. The molecule has 0 fully saturated rings. The van der Waals surface area contributed by atoms with E-state index in [4.69, 9.17) is 10.5 Å². The molecule has 35 heavy (non-hydrogen) atoms. The van der Waals surface area contributed by atoms with Crippen LogP contribution in [0.2, 0.25) is 0 Å². The number of carbonyl (C=O) groups is 1. The molecule has 1 atom stereocenters. The van der Waals surface area contributed by atoms with Gasteiger partial charge in [0.05, 0.1) is 10.5 Å². The predicted octanol–water partition coefficient (Wildman–Crippen LogP) is 8.41. The van der Waals surface area contributed by atoms with Crippen LogP contribution < -0.4 is 5.73 Å². The van der Waals surface area contributed by atoms with Crippen molar-refractivity contribution in [2.75, 3.05) is 6.54 Å². The van der Waals surface area contributed by atoms with Crippen LogP contribution in [-0.4, -0.2) is 17.4 Å². The van der Waals surface area contributed by atoms with Gasteiger partial charge in [0.25, 0.3) is 5.69 Å². The fraction of sp³-hybridized carbons (Fsp3) is 0.759. The van der Waals surface area contributed by atoms with E-state index in [9.17, 15) is 14.9 Å². The Bertz CT molecular complexity index is 736. The highest BCUT2D eigenvalue weighted by molar-refractivity contribution is 5.69. The molecule has 0 bridgehead atoms. The lowest BCUT2D eigenvalue weighted by atomic mass is 10.0. The third kappa shape index (κ3) is 14.3. The molecule has 0 spiro atoms. The number of aryl methyl sites for hydroxylation is 2. The van der Waals surface area contributed by atoms with E-state index in [2.05, 4.69) is 0 Å². The van der Waals surface area contributed by atoms with Crippen LogP contribution in [0.25, 0.3) is 0 Å². The largest absolute Gasteiger partial charge is 0.458 e. The lowest BCUT2D eigenvalue weighted by Crippen LogP contribution is -2.11. The topological polar surface area (TPSA) is 95.5 Å². The number of ether oxygens (including phenoxy) is 1. The molecule has 2 N–H and O–H groups in total. The fourth-order valence-corrected chi connectivity index (χ4v) is 4.52. The molecular formula is C29H50N2O4. The smallest absolute Gasteiger partial charge is 0.306 e. The van der Waals surface area contributed by atoms with Crippen LogP contribution in [0.15, 0.2) is 12.1 Å². The maximum absolute atomic E-state index is 12.2. The molecule has 200 valence electrons. The van der Waals surface area contributed by atoms with Gasteiger partial charge in [0.2, 0.25) is 0 Å². The van der Waals surface area contributed by atoms with Crippen LogP contribution in [0.5, 0.6) is 0 Å². The Morgan fingerprint density at radius 1 is 0.800 bits per heavy atom. The number of nitro groups is 1. The third-order valence-corrected chi connectivity index (χ3v) is 6.92. The van der Waals surface area contributed by atoms with Gasteiger partial charge in [0.15, 0.2) is 0 Å². The highest BCUT2D eigenvalue weighted by Crippen LogP contribution is 2.30. The number of nitrogens with zero attached hydrogens (tertiary/aromatic N) is 1. The lowest BCUT2D eigenvalue weighted by Gasteiger charge is -2.15. The highest BCUT2D eigenvalue weighted by Gasteiger charge is 2.23. The summed E-state index contributed by atoms with van der Waals surface area (Å²) in [7, 11) is 0. The molecule has 0 heterocycles. The molecule has 0 aliphatic heterocycles. The number of hydrogen-bond acceptors (Lipinski definition) is 5. The fourth-order valence-electron chi connectivity index (χ4n) is 4.52. The van der Waals surface area contributed by atoms with E-state index in [0.29, 0.717) is 12.0 Å². The summed E-state index contributed by atoms with van der Waals surface area (Å²) in [5.74, 6) is -0.277. The summed E-state index contributed by atoms with van der Waals surface area (Å²) in [6.07, 6.45) is 19.9. The molecule has 0 aliphatic carbocycles. The van der Waals surface area contributed by atoms with Gasteiger partial charge in [0, 0.05) is 12.5 Å². The maximum Gasteiger partial charge on any atom is 0.306 e. The van der Waals surface area contributed by atoms with E-state index < -0.39 is 11.0 Å². The minimum atomic E-state index is -0.622. The molecule has 6 heteroatoms. The van der Waals surface area contributed by atoms with E-state index >= 15 is 0 Å². The zero-order chi connectivity index (χ0) is 25.9. The Labute approximate surface area is 213 Å². The van der Waals surface area contributed by atoms with Gasteiger partial charge in [0.1, 0.15) is 6.10 Å². The highest BCUT2D eigenvalue weighted by atomic mass is 16.6. The van der Waals surface area contributed by atoms with Gasteiger partial charge in [-0.3, -0.25) is 14.9 Å². The first kappa shape index (κ1) is 31.1. The van der Waals surface area contributed by atoms with Crippen molar-refractivity contribution in [3.8, 4) is 0 Å². The van der Waals surface area contributed by atoms with Crippen LogP contribution in [0, 0.1) is 24.0 Å². The van der Waals surface area contributed by atoms with E-state index in [1.165, 1.54) is 83.5 Å². The minimum Gasteiger partial charge on any atom is -0.458 e. The summed E-state index contributed by atoms with van der Waals surface area (Å²) in [5.41, 5.74) is 7.81. The molecule has 0 radical (unpaired) electrons. The average molecular weight is 491 g/mol. The number of rotatable bonds is 21. The van der Waals surface area contributed by atoms with Crippen LogP contribution >= 0.6 is 0 Å². The Kier molecular flexibility index (Phi) is 17.1. The van der Waals surface area contributed by atoms with Gasteiger partial charge < -0.3 is 10.5 Å². The second-order valence-corrected chi connectivity index (χ2v) is 10.1. The molecule has 6 nitrogen and oxygen atoms in total. The molecule has 0 amide bonds. The van der Waals surface area contributed by atoms with Crippen LogP contribution in [0.1, 0.15) is 139 Å². The average Bonchev–Trinajstić information content (AvgIpc) is 2.82. The molecule has 1 aromatic carbocycles. The molecule has 1 unspecified atom stereocenters. The van der Waals surface area contributed by atoms with Gasteiger partial charge in [-0.25, -0.2) is 0 Å². The van der Waals surface area contributed by atoms with Crippen molar-refractivity contribution in [3.05, 3.63) is 38.9 Å². The number of unbranched alkanes of at least 4 members (excludes halogenated alkanes) is 15. The van der Waals surface area contributed by atoms with Crippen molar-refractivity contribution in [3.63, 3.8) is 0 Å². The monoisotopic (exact) mass is 490 g/mol.